The number of aromatic nitrogens is 1. The summed E-state index contributed by atoms with van der Waals surface area (Å²) in [6.45, 7) is 0. The molecule has 25 heavy (non-hydrogen) atoms. The quantitative estimate of drug-likeness (QED) is 0.874. The Kier molecular flexibility index (Phi) is 5.43. The molecule has 0 unspecified atom stereocenters. The summed E-state index contributed by atoms with van der Waals surface area (Å²) in [4.78, 5) is 16.7. The van der Waals surface area contributed by atoms with E-state index in [-0.39, 0.29) is 18.1 Å². The van der Waals surface area contributed by atoms with Crippen LogP contribution in [0, 0.1) is 5.82 Å². The molecule has 0 saturated heterocycles. The average Bonchev–Trinajstić information content (AvgIpc) is 2.61. The summed E-state index contributed by atoms with van der Waals surface area (Å²) in [5.74, 6) is -0.529. The second kappa shape index (κ2) is 7.74. The highest BCUT2D eigenvalue weighted by molar-refractivity contribution is 5.78. The molecule has 0 radical (unpaired) electrons. The normalized spacial score (nSPS) is 17.7. The summed E-state index contributed by atoms with van der Waals surface area (Å²) in [5, 5.41) is 13.6. The van der Waals surface area contributed by atoms with Crippen LogP contribution in [0.2, 0.25) is 0 Å². The Morgan fingerprint density at radius 1 is 1.16 bits per heavy atom. The number of halogens is 1. The second-order valence-electron chi connectivity index (χ2n) is 6.80. The fourth-order valence-corrected chi connectivity index (χ4v) is 3.46. The van der Waals surface area contributed by atoms with Gasteiger partial charge in [0, 0.05) is 12.4 Å². The van der Waals surface area contributed by atoms with E-state index in [1.54, 1.807) is 30.6 Å². The van der Waals surface area contributed by atoms with Gasteiger partial charge in [0.25, 0.3) is 0 Å². The number of nitrogens with one attached hydrogen (secondary N) is 1. The molecule has 132 valence electrons. The van der Waals surface area contributed by atoms with Gasteiger partial charge in [-0.25, -0.2) is 4.39 Å². The van der Waals surface area contributed by atoms with Crippen molar-refractivity contribution in [1.82, 2.24) is 10.3 Å². The molecule has 3 rings (SSSR count). The summed E-state index contributed by atoms with van der Waals surface area (Å²) in [5.41, 5.74) is 0.682. The zero-order chi connectivity index (χ0) is 17.7. The predicted octanol–water partition coefficient (Wildman–Crippen LogP) is 3.51. The molecule has 5 heteroatoms. The Morgan fingerprint density at radius 2 is 1.88 bits per heavy atom. The number of nitrogens with zero attached hydrogens (tertiary/aromatic N) is 1. The van der Waals surface area contributed by atoms with E-state index in [0.29, 0.717) is 12.8 Å². The maximum Gasteiger partial charge on any atom is 0.223 e. The highest BCUT2D eigenvalue weighted by Gasteiger charge is 2.32. The first-order chi connectivity index (χ1) is 12.1. The Bertz CT molecular complexity index is 697. The number of pyridine rings is 1. The third kappa shape index (κ3) is 4.63. The number of hydrogen-bond donors (Lipinski definition) is 2. The number of carbonyl (C=O) groups is 1. The minimum absolute atomic E-state index is 0.0883. The number of carbonyl (C=O) groups excluding carboxylic acids is 1. The van der Waals surface area contributed by atoms with E-state index in [9.17, 15) is 14.3 Å². The van der Waals surface area contributed by atoms with Crippen LogP contribution in [0.25, 0.3) is 0 Å². The van der Waals surface area contributed by atoms with E-state index in [1.807, 2.05) is 6.07 Å². The maximum atomic E-state index is 13.2. The number of benzene rings is 1. The van der Waals surface area contributed by atoms with Crippen LogP contribution in [-0.2, 0) is 4.79 Å². The van der Waals surface area contributed by atoms with Crippen LogP contribution in [0.1, 0.15) is 55.7 Å². The van der Waals surface area contributed by atoms with Crippen molar-refractivity contribution < 1.29 is 14.3 Å². The highest BCUT2D eigenvalue weighted by Crippen LogP contribution is 2.31. The third-order valence-electron chi connectivity index (χ3n) is 4.80. The molecular weight excluding hydrogens is 319 g/mol. The van der Waals surface area contributed by atoms with Gasteiger partial charge in [0.1, 0.15) is 5.82 Å². The number of rotatable bonds is 5. The molecule has 1 aliphatic rings. The van der Waals surface area contributed by atoms with Gasteiger partial charge in [0.2, 0.25) is 5.91 Å². The van der Waals surface area contributed by atoms with Crippen LogP contribution in [-0.4, -0.2) is 21.6 Å². The molecule has 1 aromatic carbocycles. The molecular formula is C20H23FN2O2. The molecule has 2 aromatic rings. The zero-order valence-corrected chi connectivity index (χ0v) is 14.1. The average molecular weight is 342 g/mol. The monoisotopic (exact) mass is 342 g/mol. The third-order valence-corrected chi connectivity index (χ3v) is 4.80. The molecule has 1 saturated carbocycles. The smallest absolute Gasteiger partial charge is 0.223 e. The van der Waals surface area contributed by atoms with Gasteiger partial charge in [-0.3, -0.25) is 9.78 Å². The summed E-state index contributed by atoms with van der Waals surface area (Å²) in [6, 6.07) is 9.31. The fraction of sp³-hybridized carbons (Fsp3) is 0.400. The van der Waals surface area contributed by atoms with Crippen molar-refractivity contribution in [2.24, 2.45) is 0 Å². The van der Waals surface area contributed by atoms with Gasteiger partial charge in [-0.05, 0) is 42.2 Å². The minimum Gasteiger partial charge on any atom is -0.389 e. The summed E-state index contributed by atoms with van der Waals surface area (Å²) in [6.07, 6.45) is 7.77. The van der Waals surface area contributed by atoms with Gasteiger partial charge in [0.15, 0.2) is 0 Å². The van der Waals surface area contributed by atoms with Crippen molar-refractivity contribution in [2.45, 2.75) is 50.2 Å². The van der Waals surface area contributed by atoms with E-state index in [2.05, 4.69) is 10.3 Å². The Labute approximate surface area is 147 Å². The minimum atomic E-state index is -0.912. The first kappa shape index (κ1) is 17.5. The lowest BCUT2D eigenvalue weighted by molar-refractivity contribution is -0.128. The van der Waals surface area contributed by atoms with Crippen molar-refractivity contribution in [3.8, 4) is 0 Å². The Hall–Kier alpha value is -2.27. The van der Waals surface area contributed by atoms with Gasteiger partial charge < -0.3 is 10.4 Å². The molecule has 0 bridgehead atoms. The van der Waals surface area contributed by atoms with Crippen molar-refractivity contribution in [3.63, 3.8) is 0 Å². The van der Waals surface area contributed by atoms with Crippen LogP contribution < -0.4 is 5.32 Å². The largest absolute Gasteiger partial charge is 0.389 e. The van der Waals surface area contributed by atoms with Gasteiger partial charge >= 0.3 is 0 Å². The predicted molar refractivity (Wildman–Crippen MR) is 93.3 cm³/mol. The number of aliphatic hydroxyl groups is 1. The second-order valence-corrected chi connectivity index (χ2v) is 6.80. The maximum absolute atomic E-state index is 13.2. The first-order valence-electron chi connectivity index (χ1n) is 8.73. The van der Waals surface area contributed by atoms with E-state index in [0.717, 1.165) is 30.4 Å². The summed E-state index contributed by atoms with van der Waals surface area (Å²) < 4.78 is 13.2. The van der Waals surface area contributed by atoms with Gasteiger partial charge in [0.05, 0.1) is 18.1 Å². The van der Waals surface area contributed by atoms with Crippen LogP contribution in [0.3, 0.4) is 0 Å². The van der Waals surface area contributed by atoms with Gasteiger partial charge in [-0.2, -0.15) is 0 Å². The van der Waals surface area contributed by atoms with Crippen LogP contribution in [0.5, 0.6) is 0 Å². The summed E-state index contributed by atoms with van der Waals surface area (Å²) >= 11 is 0. The van der Waals surface area contributed by atoms with Crippen LogP contribution >= 0.6 is 0 Å². The van der Waals surface area contributed by atoms with Crippen molar-refractivity contribution in [1.29, 1.82) is 0 Å². The van der Waals surface area contributed by atoms with E-state index < -0.39 is 11.6 Å². The van der Waals surface area contributed by atoms with Gasteiger partial charge in [-0.15, -0.1) is 0 Å². The van der Waals surface area contributed by atoms with Crippen molar-refractivity contribution in [3.05, 3.63) is 65.7 Å². The molecule has 0 spiro atoms. The van der Waals surface area contributed by atoms with Crippen molar-refractivity contribution >= 4 is 5.91 Å². The first-order valence-corrected chi connectivity index (χ1v) is 8.73. The van der Waals surface area contributed by atoms with Crippen molar-refractivity contribution in [2.75, 3.05) is 0 Å². The number of hydrogen-bond acceptors (Lipinski definition) is 3. The summed E-state index contributed by atoms with van der Waals surface area (Å²) in [7, 11) is 0. The fourth-order valence-electron chi connectivity index (χ4n) is 3.46. The molecule has 1 aliphatic carbocycles. The highest BCUT2D eigenvalue weighted by atomic mass is 19.1. The van der Waals surface area contributed by atoms with Crippen LogP contribution in [0.15, 0.2) is 48.8 Å². The Balaban J connectivity index is 1.77. The van der Waals surface area contributed by atoms with E-state index >= 15 is 0 Å². The molecule has 1 aromatic heterocycles. The lowest BCUT2D eigenvalue weighted by Crippen LogP contribution is -2.39. The topological polar surface area (TPSA) is 62.2 Å². The molecule has 1 amide bonds. The molecule has 0 aliphatic heterocycles. The lowest BCUT2D eigenvalue weighted by Gasteiger charge is -2.32. The zero-order valence-electron chi connectivity index (χ0n) is 14.1. The van der Waals surface area contributed by atoms with Gasteiger partial charge in [-0.1, -0.05) is 37.5 Å². The SMILES string of the molecule is O=C(CC1(O)CCCCC1)N[C@H](c1ccc(F)cc1)c1cccnc1. The molecule has 1 atom stereocenters. The lowest BCUT2D eigenvalue weighted by atomic mass is 9.82. The Morgan fingerprint density at radius 3 is 2.52 bits per heavy atom. The standard InChI is InChI=1S/C20H23FN2O2/c21-17-8-6-15(7-9-17)19(16-5-4-12-22-14-16)23-18(24)13-20(25)10-2-1-3-11-20/h4-9,12,14,19,25H,1-3,10-11,13H2,(H,23,24)/t19-/m1/s1. The van der Waals surface area contributed by atoms with E-state index in [1.165, 1.54) is 12.1 Å². The molecule has 4 nitrogen and oxygen atoms in total. The van der Waals surface area contributed by atoms with Crippen LogP contribution in [0.4, 0.5) is 4.39 Å². The number of amides is 1. The molecule has 1 fully saturated rings. The molecule has 1 heterocycles. The van der Waals surface area contributed by atoms with E-state index in [4.69, 9.17) is 0 Å². The molecule has 2 N–H and O–H groups in total.